The number of carbonyl (C=O) groups excluding carboxylic acids is 3. The minimum atomic E-state index is -0.476. The van der Waals surface area contributed by atoms with Gasteiger partial charge in [0.05, 0.1) is 27.9 Å². The summed E-state index contributed by atoms with van der Waals surface area (Å²) < 4.78 is 0. The number of carbonyl (C=O) groups is 3. The number of benzene rings is 2. The highest BCUT2D eigenvalue weighted by Crippen LogP contribution is 2.37. The number of anilines is 2. The van der Waals surface area contributed by atoms with Gasteiger partial charge >= 0.3 is 0 Å². The summed E-state index contributed by atoms with van der Waals surface area (Å²) in [6.45, 7) is 4.31. The Balaban J connectivity index is 1.42. The number of nitrogens with zero attached hydrogens (tertiary/aromatic N) is 2. The highest BCUT2D eigenvalue weighted by Gasteiger charge is 2.27. The second-order valence-corrected chi connectivity index (χ2v) is 11.7. The Morgan fingerprint density at radius 1 is 1.16 bits per heavy atom. The number of fused-ring (bicyclic) bond motifs is 1. The van der Waals surface area contributed by atoms with E-state index in [1.54, 1.807) is 42.2 Å². The van der Waals surface area contributed by atoms with Crippen molar-refractivity contribution in [2.45, 2.75) is 37.0 Å². The lowest BCUT2D eigenvalue weighted by atomic mass is 10.0. The van der Waals surface area contributed by atoms with Crippen LogP contribution in [0, 0.1) is 11.3 Å². The standard InChI is InChI=1S/C26H22Cl2N4O3S2/c1-14(24(34)31-26-21(12-29)19-8-9-32(15(2)33)13-23(19)37-26)36-18-5-3-4-17(11-18)30-25(35)20-7-6-16(27)10-22(20)28/h3-7,10-11,14H,8-9,13H2,1-2H3,(H,30,35)(H,31,34). The van der Waals surface area contributed by atoms with Gasteiger partial charge in [0.25, 0.3) is 5.91 Å². The van der Waals surface area contributed by atoms with E-state index in [1.165, 1.54) is 36.1 Å². The Labute approximate surface area is 232 Å². The third-order valence-electron chi connectivity index (χ3n) is 5.80. The highest BCUT2D eigenvalue weighted by molar-refractivity contribution is 8.00. The van der Waals surface area contributed by atoms with Gasteiger partial charge in [0, 0.05) is 34.0 Å². The molecule has 2 heterocycles. The van der Waals surface area contributed by atoms with E-state index in [1.807, 2.05) is 6.07 Å². The normalized spacial score (nSPS) is 13.3. The number of thiophene rings is 1. The van der Waals surface area contributed by atoms with E-state index in [9.17, 15) is 19.6 Å². The van der Waals surface area contributed by atoms with Gasteiger partial charge < -0.3 is 15.5 Å². The fourth-order valence-electron chi connectivity index (χ4n) is 3.87. The van der Waals surface area contributed by atoms with Crippen molar-refractivity contribution in [3.05, 3.63) is 74.1 Å². The Bertz CT molecular complexity index is 1430. The molecule has 0 fully saturated rings. The molecule has 0 aliphatic carbocycles. The number of hydrogen-bond acceptors (Lipinski definition) is 6. The van der Waals surface area contributed by atoms with Crippen LogP contribution in [0.3, 0.4) is 0 Å². The summed E-state index contributed by atoms with van der Waals surface area (Å²) in [4.78, 5) is 40.8. The molecule has 0 saturated carbocycles. The Morgan fingerprint density at radius 2 is 1.95 bits per heavy atom. The minimum absolute atomic E-state index is 0.0113. The molecule has 190 valence electrons. The van der Waals surface area contributed by atoms with E-state index in [0.29, 0.717) is 46.3 Å². The first-order valence-corrected chi connectivity index (χ1v) is 13.8. The zero-order valence-corrected chi connectivity index (χ0v) is 23.1. The molecule has 7 nitrogen and oxygen atoms in total. The van der Waals surface area contributed by atoms with Crippen LogP contribution < -0.4 is 10.6 Å². The van der Waals surface area contributed by atoms with Crippen LogP contribution in [-0.2, 0) is 22.6 Å². The van der Waals surface area contributed by atoms with Crippen LogP contribution >= 0.6 is 46.3 Å². The van der Waals surface area contributed by atoms with Gasteiger partial charge in [0.1, 0.15) is 11.1 Å². The van der Waals surface area contributed by atoms with Crippen LogP contribution in [0.2, 0.25) is 10.0 Å². The van der Waals surface area contributed by atoms with Crippen LogP contribution in [0.1, 0.15) is 40.2 Å². The predicted octanol–water partition coefficient (Wildman–Crippen LogP) is 6.20. The molecular weight excluding hydrogens is 551 g/mol. The molecule has 2 N–H and O–H groups in total. The predicted molar refractivity (Wildman–Crippen MR) is 149 cm³/mol. The van der Waals surface area contributed by atoms with Crippen molar-refractivity contribution in [2.75, 3.05) is 17.2 Å². The van der Waals surface area contributed by atoms with E-state index in [-0.39, 0.29) is 22.7 Å². The van der Waals surface area contributed by atoms with E-state index in [4.69, 9.17) is 23.2 Å². The number of hydrogen-bond donors (Lipinski definition) is 2. The molecule has 3 amide bonds. The number of thioether (sulfide) groups is 1. The van der Waals surface area contributed by atoms with Gasteiger partial charge in [0.2, 0.25) is 11.8 Å². The first kappa shape index (κ1) is 27.0. The fourth-order valence-corrected chi connectivity index (χ4v) is 6.51. The van der Waals surface area contributed by atoms with Gasteiger partial charge in [0.15, 0.2) is 0 Å². The average molecular weight is 574 g/mol. The van der Waals surface area contributed by atoms with E-state index >= 15 is 0 Å². The smallest absolute Gasteiger partial charge is 0.257 e. The van der Waals surface area contributed by atoms with Gasteiger partial charge in [-0.05, 0) is 55.3 Å². The Kier molecular flexibility index (Phi) is 8.45. The van der Waals surface area contributed by atoms with Gasteiger partial charge in [-0.15, -0.1) is 23.1 Å². The third kappa shape index (κ3) is 6.28. The molecule has 0 saturated heterocycles. The fraction of sp³-hybridized carbons (Fsp3) is 0.231. The summed E-state index contributed by atoms with van der Waals surface area (Å²) in [5, 5.41) is 16.1. The number of amides is 3. The van der Waals surface area contributed by atoms with Gasteiger partial charge in [-0.1, -0.05) is 29.3 Å². The van der Waals surface area contributed by atoms with Gasteiger partial charge in [-0.3, -0.25) is 14.4 Å². The van der Waals surface area contributed by atoms with Crippen molar-refractivity contribution in [3.63, 3.8) is 0 Å². The van der Waals surface area contributed by atoms with E-state index in [2.05, 4.69) is 16.7 Å². The summed E-state index contributed by atoms with van der Waals surface area (Å²) >= 11 is 14.7. The van der Waals surface area contributed by atoms with Crippen molar-refractivity contribution < 1.29 is 14.4 Å². The zero-order valence-electron chi connectivity index (χ0n) is 19.9. The highest BCUT2D eigenvalue weighted by atomic mass is 35.5. The van der Waals surface area contributed by atoms with Crippen molar-refractivity contribution in [3.8, 4) is 6.07 Å². The molecular formula is C26H22Cl2N4O3S2. The first-order chi connectivity index (χ1) is 17.7. The molecule has 2 aromatic carbocycles. The molecule has 11 heteroatoms. The summed E-state index contributed by atoms with van der Waals surface area (Å²) in [5.41, 5.74) is 2.24. The molecule has 1 aliphatic rings. The monoisotopic (exact) mass is 572 g/mol. The van der Waals surface area contributed by atoms with Crippen LogP contribution in [0.15, 0.2) is 47.4 Å². The summed E-state index contributed by atoms with van der Waals surface area (Å²) in [5.74, 6) is -0.627. The maximum atomic E-state index is 13.0. The van der Waals surface area contributed by atoms with E-state index in [0.717, 1.165) is 15.3 Å². The largest absolute Gasteiger partial charge is 0.337 e. The summed E-state index contributed by atoms with van der Waals surface area (Å²) in [6, 6.07) is 14.0. The van der Waals surface area contributed by atoms with Crippen molar-refractivity contribution >= 4 is 74.7 Å². The SMILES string of the molecule is CC(=O)N1CCc2c(sc(NC(=O)C(C)Sc3cccc(NC(=O)c4ccc(Cl)cc4Cl)c3)c2C#N)C1. The van der Waals surface area contributed by atoms with Crippen LogP contribution in [0.5, 0.6) is 0 Å². The molecule has 0 radical (unpaired) electrons. The topological polar surface area (TPSA) is 102 Å². The van der Waals surface area contributed by atoms with Crippen molar-refractivity contribution in [1.29, 1.82) is 5.26 Å². The lowest BCUT2D eigenvalue weighted by molar-refractivity contribution is -0.129. The van der Waals surface area contributed by atoms with Crippen molar-refractivity contribution in [1.82, 2.24) is 4.90 Å². The van der Waals surface area contributed by atoms with E-state index < -0.39 is 5.25 Å². The second kappa shape index (κ2) is 11.6. The molecule has 37 heavy (non-hydrogen) atoms. The average Bonchev–Trinajstić information content (AvgIpc) is 3.20. The van der Waals surface area contributed by atoms with Gasteiger partial charge in [-0.25, -0.2) is 0 Å². The maximum absolute atomic E-state index is 13.0. The Hall–Kier alpha value is -3.03. The summed E-state index contributed by atoms with van der Waals surface area (Å²) in [7, 11) is 0. The number of nitriles is 1. The molecule has 1 aromatic heterocycles. The first-order valence-electron chi connectivity index (χ1n) is 11.3. The molecule has 1 atom stereocenters. The zero-order chi connectivity index (χ0) is 26.7. The molecule has 0 bridgehead atoms. The quantitative estimate of drug-likeness (QED) is 0.342. The molecule has 0 spiro atoms. The number of halogens is 2. The Morgan fingerprint density at radius 3 is 2.65 bits per heavy atom. The lowest BCUT2D eigenvalue weighted by Gasteiger charge is -2.25. The van der Waals surface area contributed by atoms with Crippen LogP contribution in [0.25, 0.3) is 0 Å². The van der Waals surface area contributed by atoms with Gasteiger partial charge in [-0.2, -0.15) is 5.26 Å². The minimum Gasteiger partial charge on any atom is -0.337 e. The lowest BCUT2D eigenvalue weighted by Crippen LogP contribution is -2.33. The molecule has 1 unspecified atom stereocenters. The molecule has 4 rings (SSSR count). The maximum Gasteiger partial charge on any atom is 0.257 e. The van der Waals surface area contributed by atoms with Crippen LogP contribution in [0.4, 0.5) is 10.7 Å². The second-order valence-electron chi connectivity index (χ2n) is 8.37. The molecule has 3 aromatic rings. The number of rotatable bonds is 6. The molecule has 1 aliphatic heterocycles. The number of nitrogens with one attached hydrogen (secondary N) is 2. The van der Waals surface area contributed by atoms with Crippen molar-refractivity contribution in [2.24, 2.45) is 0 Å². The third-order valence-corrected chi connectivity index (χ3v) is 8.57. The van der Waals surface area contributed by atoms with Crippen LogP contribution in [-0.4, -0.2) is 34.4 Å². The summed E-state index contributed by atoms with van der Waals surface area (Å²) in [6.07, 6.45) is 0.591.